The number of thiophene rings is 1. The largest absolute Gasteiger partial charge is 0.444 e. The van der Waals surface area contributed by atoms with Gasteiger partial charge < -0.3 is 25.2 Å². The maximum absolute atomic E-state index is 14.7. The number of carbonyl (C=O) groups is 3. The number of halogens is 2. The molecule has 2 N–H and O–H groups in total. The third kappa shape index (κ3) is 6.41. The number of alkyl carbamates (subject to hydrolysis) is 1. The van der Waals surface area contributed by atoms with E-state index >= 15 is 0 Å². The van der Waals surface area contributed by atoms with Gasteiger partial charge in [0.05, 0.1) is 16.1 Å². The lowest BCUT2D eigenvalue weighted by atomic mass is 9.84. The van der Waals surface area contributed by atoms with E-state index in [0.717, 1.165) is 3.57 Å². The highest BCUT2D eigenvalue weighted by Crippen LogP contribution is 2.43. The number of amides is 3. The molecule has 0 unspecified atom stereocenters. The van der Waals surface area contributed by atoms with Crippen molar-refractivity contribution in [1.29, 1.82) is 0 Å². The number of benzene rings is 1. The first-order valence-corrected chi connectivity index (χ1v) is 14.4. The number of fused-ring (bicyclic) bond motifs is 1. The fraction of sp³-hybridized carbons (Fsp3) is 0.519. The van der Waals surface area contributed by atoms with E-state index in [0.29, 0.717) is 53.6 Å². The fourth-order valence-corrected chi connectivity index (χ4v) is 6.49. The second-order valence-electron chi connectivity index (χ2n) is 11.8. The molecule has 3 amide bonds. The molecule has 2 aliphatic heterocycles. The summed E-state index contributed by atoms with van der Waals surface area (Å²) in [4.78, 5) is 43.1. The van der Waals surface area contributed by atoms with Crippen molar-refractivity contribution in [3.8, 4) is 0 Å². The second kappa shape index (κ2) is 10.6. The van der Waals surface area contributed by atoms with Gasteiger partial charge in [0.1, 0.15) is 16.4 Å². The molecule has 4 rings (SSSR count). The summed E-state index contributed by atoms with van der Waals surface area (Å²) in [5, 5.41) is 6.35. The number of nitrogens with one attached hydrogen (secondary N) is 2. The Kier molecular flexibility index (Phi) is 8.00. The predicted octanol–water partition coefficient (Wildman–Crippen LogP) is 5.49. The molecule has 11 heteroatoms. The molecule has 0 bridgehead atoms. The van der Waals surface area contributed by atoms with Gasteiger partial charge >= 0.3 is 6.09 Å². The minimum absolute atomic E-state index is 0.0953. The summed E-state index contributed by atoms with van der Waals surface area (Å²) in [5.41, 5.74) is 0.563. The van der Waals surface area contributed by atoms with Crippen molar-refractivity contribution in [2.45, 2.75) is 46.6 Å². The van der Waals surface area contributed by atoms with Crippen LogP contribution in [0.3, 0.4) is 0 Å². The monoisotopic (exact) mass is 656 g/mol. The summed E-state index contributed by atoms with van der Waals surface area (Å²) in [6.07, 6.45) is 0.0611. The smallest absolute Gasteiger partial charge is 0.407 e. The van der Waals surface area contributed by atoms with Crippen molar-refractivity contribution < 1.29 is 23.5 Å². The SMILES string of the molecule is CN1CC(C)(C)Cc2c(sc(Nc3ccc(I)cc3F)c2C(=O)N2CC(CNC(=O)OC(C)(C)C)C2)C1=O. The lowest BCUT2D eigenvalue weighted by molar-refractivity contribution is 0.0420. The number of carbonyl (C=O) groups excluding carboxylic acids is 3. The minimum atomic E-state index is -0.582. The lowest BCUT2D eigenvalue weighted by Crippen LogP contribution is -2.54. The third-order valence-corrected chi connectivity index (χ3v) is 8.25. The van der Waals surface area contributed by atoms with Crippen LogP contribution in [0, 0.1) is 20.7 Å². The maximum Gasteiger partial charge on any atom is 0.407 e. The molecule has 8 nitrogen and oxygen atoms in total. The van der Waals surface area contributed by atoms with Crippen LogP contribution < -0.4 is 10.6 Å². The van der Waals surface area contributed by atoms with Crippen LogP contribution >= 0.6 is 33.9 Å². The molecule has 38 heavy (non-hydrogen) atoms. The molecule has 1 fully saturated rings. The average molecular weight is 657 g/mol. The zero-order chi connectivity index (χ0) is 28.0. The molecule has 0 aliphatic carbocycles. The summed E-state index contributed by atoms with van der Waals surface area (Å²) in [7, 11) is 1.77. The lowest BCUT2D eigenvalue weighted by Gasteiger charge is -2.39. The van der Waals surface area contributed by atoms with E-state index in [9.17, 15) is 18.8 Å². The Morgan fingerprint density at radius 1 is 1.26 bits per heavy atom. The van der Waals surface area contributed by atoms with Crippen molar-refractivity contribution in [2.24, 2.45) is 11.3 Å². The maximum atomic E-state index is 14.7. The molecule has 0 radical (unpaired) electrons. The highest BCUT2D eigenvalue weighted by molar-refractivity contribution is 14.1. The molecule has 2 aromatic rings. The van der Waals surface area contributed by atoms with Gasteiger partial charge in [-0.25, -0.2) is 9.18 Å². The van der Waals surface area contributed by atoms with Crippen molar-refractivity contribution in [3.63, 3.8) is 0 Å². The molecular weight excluding hydrogens is 622 g/mol. The van der Waals surface area contributed by atoms with Gasteiger partial charge in [0.25, 0.3) is 11.8 Å². The first-order valence-electron chi connectivity index (χ1n) is 12.5. The molecule has 206 valence electrons. The molecule has 1 saturated heterocycles. The van der Waals surface area contributed by atoms with Crippen LogP contribution in [0.25, 0.3) is 0 Å². The third-order valence-electron chi connectivity index (χ3n) is 6.44. The molecule has 1 aromatic heterocycles. The number of rotatable bonds is 5. The summed E-state index contributed by atoms with van der Waals surface area (Å²) >= 11 is 3.25. The highest BCUT2D eigenvalue weighted by Gasteiger charge is 2.40. The molecule has 0 saturated carbocycles. The number of likely N-dealkylation sites (tertiary alicyclic amines) is 1. The highest BCUT2D eigenvalue weighted by atomic mass is 127. The average Bonchev–Trinajstić information content (AvgIpc) is 3.05. The fourth-order valence-electron chi connectivity index (χ4n) is 4.82. The Morgan fingerprint density at radius 2 is 1.95 bits per heavy atom. The quantitative estimate of drug-likeness (QED) is 0.416. The van der Waals surface area contributed by atoms with Gasteiger partial charge in [0, 0.05) is 42.7 Å². The summed E-state index contributed by atoms with van der Waals surface area (Å²) in [6.45, 7) is 11.5. The molecule has 1 aromatic carbocycles. The number of ether oxygens (including phenoxy) is 1. The van der Waals surface area contributed by atoms with E-state index in [2.05, 4.69) is 24.5 Å². The summed E-state index contributed by atoms with van der Waals surface area (Å²) in [5.74, 6) is -0.667. The van der Waals surface area contributed by atoms with Crippen LogP contribution in [-0.2, 0) is 11.2 Å². The first-order chi connectivity index (χ1) is 17.6. The molecule has 0 atom stereocenters. The van der Waals surface area contributed by atoms with Crippen molar-refractivity contribution >= 4 is 62.5 Å². The Hall–Kier alpha value is -2.41. The zero-order valence-electron chi connectivity index (χ0n) is 22.5. The van der Waals surface area contributed by atoms with Gasteiger partial charge in [0.2, 0.25) is 0 Å². The van der Waals surface area contributed by atoms with Gasteiger partial charge in [-0.05, 0) is 79.0 Å². The van der Waals surface area contributed by atoms with Crippen LogP contribution in [0.2, 0.25) is 0 Å². The van der Waals surface area contributed by atoms with Gasteiger partial charge in [-0.3, -0.25) is 9.59 Å². The predicted molar refractivity (Wildman–Crippen MR) is 155 cm³/mol. The Balaban J connectivity index is 1.59. The van der Waals surface area contributed by atoms with E-state index in [1.807, 2.05) is 22.6 Å². The minimum Gasteiger partial charge on any atom is -0.444 e. The van der Waals surface area contributed by atoms with Gasteiger partial charge in [-0.15, -0.1) is 11.3 Å². The van der Waals surface area contributed by atoms with Gasteiger partial charge in [-0.1, -0.05) is 13.8 Å². The van der Waals surface area contributed by atoms with E-state index in [-0.39, 0.29) is 28.8 Å². The van der Waals surface area contributed by atoms with Crippen LogP contribution in [0.4, 0.5) is 19.9 Å². The first kappa shape index (κ1) is 28.6. The Labute approximate surface area is 240 Å². The normalized spacial score (nSPS) is 17.4. The Morgan fingerprint density at radius 3 is 2.58 bits per heavy atom. The topological polar surface area (TPSA) is 91.0 Å². The van der Waals surface area contributed by atoms with Gasteiger partial charge in [0.15, 0.2) is 0 Å². The number of hydrogen-bond acceptors (Lipinski definition) is 6. The van der Waals surface area contributed by atoms with Crippen LogP contribution in [-0.4, -0.2) is 66.5 Å². The van der Waals surface area contributed by atoms with E-state index in [4.69, 9.17) is 4.74 Å². The van der Waals surface area contributed by atoms with Crippen LogP contribution in [0.15, 0.2) is 18.2 Å². The van der Waals surface area contributed by atoms with E-state index < -0.39 is 17.5 Å². The molecule has 0 spiro atoms. The van der Waals surface area contributed by atoms with Crippen molar-refractivity contribution in [2.75, 3.05) is 38.5 Å². The van der Waals surface area contributed by atoms with Crippen molar-refractivity contribution in [1.82, 2.24) is 15.1 Å². The van der Waals surface area contributed by atoms with Crippen LogP contribution in [0.5, 0.6) is 0 Å². The molecular formula is C27H34FIN4O4S. The Bertz CT molecular complexity index is 1270. The van der Waals surface area contributed by atoms with E-state index in [1.165, 1.54) is 17.4 Å². The van der Waals surface area contributed by atoms with Gasteiger partial charge in [-0.2, -0.15) is 0 Å². The number of anilines is 2. The number of nitrogens with zero attached hydrogens (tertiary/aromatic N) is 2. The standard InChI is InChI=1S/C27H34FIN4O4S/c1-26(2,3)37-25(36)30-11-15-12-33(13-15)23(34)20-17-10-27(4,5)14-32(6)24(35)21(17)38-22(20)31-19-8-7-16(29)9-18(19)28/h7-9,15,31H,10-14H2,1-6H3,(H,30,36). The van der Waals surface area contributed by atoms with E-state index in [1.54, 1.807) is 49.8 Å². The van der Waals surface area contributed by atoms with Crippen LogP contribution in [0.1, 0.15) is 60.2 Å². The molecule has 3 heterocycles. The number of hydrogen-bond donors (Lipinski definition) is 2. The second-order valence-corrected chi connectivity index (χ2v) is 14.1. The zero-order valence-corrected chi connectivity index (χ0v) is 25.5. The van der Waals surface area contributed by atoms with Crippen molar-refractivity contribution in [3.05, 3.63) is 43.6 Å². The summed E-state index contributed by atoms with van der Waals surface area (Å²) < 4.78 is 20.8. The summed E-state index contributed by atoms with van der Waals surface area (Å²) in [6, 6.07) is 4.84. The molecule has 2 aliphatic rings.